The van der Waals surface area contributed by atoms with Gasteiger partial charge in [-0.25, -0.2) is 0 Å². The van der Waals surface area contributed by atoms with Crippen molar-refractivity contribution >= 4 is 29.0 Å². The van der Waals surface area contributed by atoms with E-state index in [2.05, 4.69) is 15.5 Å². The number of H-pyrrole nitrogens is 1. The first-order chi connectivity index (χ1) is 13.1. The quantitative estimate of drug-likeness (QED) is 0.647. The van der Waals surface area contributed by atoms with Crippen LogP contribution in [0, 0.1) is 17.6 Å². The van der Waals surface area contributed by atoms with Gasteiger partial charge in [-0.3, -0.25) is 19.7 Å². The highest BCUT2D eigenvalue weighted by atomic mass is 32.1. The molecule has 0 saturated heterocycles. The normalized spacial score (nSPS) is 12.9. The molecule has 0 saturated carbocycles. The van der Waals surface area contributed by atoms with Crippen LogP contribution in [-0.2, 0) is 17.5 Å². The highest BCUT2D eigenvalue weighted by Gasteiger charge is 2.34. The molecule has 0 unspecified atom stereocenters. The number of aromatic nitrogens is 4. The van der Waals surface area contributed by atoms with Gasteiger partial charge in [-0.2, -0.15) is 22.9 Å². The number of rotatable bonds is 4. The maximum atomic E-state index is 12.8. The molecule has 3 aromatic rings. The smallest absolute Gasteiger partial charge is 0.330 e. The van der Waals surface area contributed by atoms with Crippen LogP contribution in [0.2, 0.25) is 0 Å². The van der Waals surface area contributed by atoms with E-state index >= 15 is 0 Å². The van der Waals surface area contributed by atoms with E-state index in [1.165, 1.54) is 13.8 Å². The average Bonchev–Trinajstić information content (AvgIpc) is 2.99. The Labute approximate surface area is 161 Å². The summed E-state index contributed by atoms with van der Waals surface area (Å²) in [6, 6.07) is 7.59. The molecule has 1 aromatic carbocycles. The molecule has 2 aromatic heterocycles. The topological polar surface area (TPSA) is 84.7 Å². The summed E-state index contributed by atoms with van der Waals surface area (Å²) in [6.07, 6.45) is -4.56. The van der Waals surface area contributed by atoms with Gasteiger partial charge in [-0.15, -0.1) is 0 Å². The molecular weight excluding hydrogens is 395 g/mol. The lowest BCUT2D eigenvalue weighted by Crippen LogP contribution is -2.38. The minimum absolute atomic E-state index is 0.00104. The fourth-order valence-electron chi connectivity index (χ4n) is 2.66. The minimum atomic E-state index is -4.56. The summed E-state index contributed by atoms with van der Waals surface area (Å²) in [7, 11) is 0. The molecule has 2 N–H and O–H groups in total. The average molecular weight is 411 g/mol. The van der Waals surface area contributed by atoms with Gasteiger partial charge in [0.05, 0.1) is 23.4 Å². The summed E-state index contributed by atoms with van der Waals surface area (Å²) in [5.74, 6) is -1.35. The van der Waals surface area contributed by atoms with E-state index in [0.717, 1.165) is 15.4 Å². The van der Waals surface area contributed by atoms with Crippen LogP contribution in [-0.4, -0.2) is 25.3 Å². The first-order valence-electron chi connectivity index (χ1n) is 8.24. The number of amides is 1. The molecule has 2 heterocycles. The summed E-state index contributed by atoms with van der Waals surface area (Å²) >= 11 is 5.12. The largest absolute Gasteiger partial charge is 0.435 e. The van der Waals surface area contributed by atoms with E-state index in [4.69, 9.17) is 12.2 Å². The van der Waals surface area contributed by atoms with Gasteiger partial charge in [0.15, 0.2) is 10.5 Å². The number of benzene rings is 1. The zero-order valence-electron chi connectivity index (χ0n) is 14.9. The van der Waals surface area contributed by atoms with Crippen molar-refractivity contribution in [1.29, 1.82) is 0 Å². The van der Waals surface area contributed by atoms with E-state index in [1.54, 1.807) is 24.3 Å². The van der Waals surface area contributed by atoms with Crippen LogP contribution in [0.1, 0.15) is 18.3 Å². The Morgan fingerprint density at radius 3 is 2.68 bits per heavy atom. The lowest BCUT2D eigenvalue weighted by molar-refractivity contribution is -0.141. The summed E-state index contributed by atoms with van der Waals surface area (Å²) < 4.78 is 40.3. The Balaban J connectivity index is 1.82. The number of hydrogen-bond acceptors (Lipinski definition) is 4. The van der Waals surface area contributed by atoms with Gasteiger partial charge in [0.2, 0.25) is 5.91 Å². The molecule has 0 radical (unpaired) electrons. The van der Waals surface area contributed by atoms with Crippen LogP contribution in [0.5, 0.6) is 0 Å². The monoisotopic (exact) mass is 411 g/mol. The molecule has 7 nitrogen and oxygen atoms in total. The van der Waals surface area contributed by atoms with Crippen LogP contribution >= 0.6 is 12.2 Å². The molecule has 0 aliphatic rings. The number of hydrogen-bond donors (Lipinski definition) is 2. The Bertz CT molecular complexity index is 1160. The number of carbonyl (C=O) groups excluding carboxylic acids is 1. The second-order valence-electron chi connectivity index (χ2n) is 6.34. The highest BCUT2D eigenvalue weighted by molar-refractivity contribution is 7.71. The van der Waals surface area contributed by atoms with Gasteiger partial charge in [0, 0.05) is 5.69 Å². The van der Waals surface area contributed by atoms with Crippen LogP contribution in [0.4, 0.5) is 13.2 Å². The van der Waals surface area contributed by atoms with Gasteiger partial charge in [-0.05, 0) is 37.3 Å². The van der Waals surface area contributed by atoms with Gasteiger partial charge in [-0.1, -0.05) is 19.1 Å². The Morgan fingerprint density at radius 1 is 1.36 bits per heavy atom. The van der Waals surface area contributed by atoms with Crippen LogP contribution in [0.15, 0.2) is 35.1 Å². The van der Waals surface area contributed by atoms with Crippen molar-refractivity contribution in [1.82, 2.24) is 19.4 Å². The summed E-state index contributed by atoms with van der Waals surface area (Å²) in [5.41, 5.74) is 1.69. The number of aryl methyl sites for hydroxylation is 1. The number of nitrogens with one attached hydrogen (secondary N) is 2. The Morgan fingerprint density at radius 2 is 2.04 bits per heavy atom. The van der Waals surface area contributed by atoms with Crippen LogP contribution < -0.4 is 11.0 Å². The lowest BCUT2D eigenvalue weighted by atomic mass is 10.1. The summed E-state index contributed by atoms with van der Waals surface area (Å²) in [5, 5.41) is 3.84. The molecule has 11 heteroatoms. The zero-order valence-corrected chi connectivity index (χ0v) is 15.7. The second kappa shape index (κ2) is 7.23. The maximum absolute atomic E-state index is 12.8. The molecule has 0 aliphatic carbocycles. The van der Waals surface area contributed by atoms with Crippen molar-refractivity contribution in [2.75, 3.05) is 5.43 Å². The van der Waals surface area contributed by atoms with Gasteiger partial charge in [0.25, 0.3) is 5.56 Å². The molecule has 28 heavy (non-hydrogen) atoms. The van der Waals surface area contributed by atoms with E-state index in [-0.39, 0.29) is 17.0 Å². The number of aromatic amines is 1. The zero-order chi connectivity index (χ0) is 20.6. The molecule has 3 rings (SSSR count). The number of halogens is 3. The lowest BCUT2D eigenvalue weighted by Gasteiger charge is -2.15. The molecule has 0 aliphatic heterocycles. The van der Waals surface area contributed by atoms with Gasteiger partial charge >= 0.3 is 6.18 Å². The molecule has 0 bridgehead atoms. The standard InChI is InChI=1S/C17H16F3N5O2S/c1-9(8-24-10(2)7-13(22-24)17(18,19)20)14(26)23-25-15(27)11-5-3-4-6-12(11)21-16(25)28/h3-7,9H,8H2,1-2H3,(H,21,28)(H,23,26)/t9-/m0/s1. The fraction of sp³-hybridized carbons (Fsp3) is 0.294. The summed E-state index contributed by atoms with van der Waals surface area (Å²) in [4.78, 5) is 27.9. The van der Waals surface area contributed by atoms with Crippen molar-refractivity contribution < 1.29 is 18.0 Å². The first kappa shape index (κ1) is 19.8. The number of para-hydroxylation sites is 1. The van der Waals surface area contributed by atoms with Crippen LogP contribution in [0.25, 0.3) is 10.9 Å². The number of nitrogens with zero attached hydrogens (tertiary/aromatic N) is 3. The third kappa shape index (κ3) is 3.84. The third-order valence-electron chi connectivity index (χ3n) is 4.19. The van der Waals surface area contributed by atoms with Gasteiger partial charge < -0.3 is 4.98 Å². The van der Waals surface area contributed by atoms with E-state index in [1.807, 2.05) is 0 Å². The number of alkyl halides is 3. The van der Waals surface area contributed by atoms with Crippen molar-refractivity contribution in [3.05, 3.63) is 56.8 Å². The number of fused-ring (bicyclic) bond motifs is 1. The van der Waals surface area contributed by atoms with Crippen molar-refractivity contribution in [2.45, 2.75) is 26.6 Å². The predicted octanol–water partition coefficient (Wildman–Crippen LogP) is 2.99. The first-order valence-corrected chi connectivity index (χ1v) is 8.65. The second-order valence-corrected chi connectivity index (χ2v) is 6.73. The molecular formula is C17H16F3N5O2S. The predicted molar refractivity (Wildman–Crippen MR) is 98.9 cm³/mol. The van der Waals surface area contributed by atoms with Crippen molar-refractivity contribution in [3.63, 3.8) is 0 Å². The van der Waals surface area contributed by atoms with Crippen molar-refractivity contribution in [2.24, 2.45) is 5.92 Å². The molecule has 0 spiro atoms. The van der Waals surface area contributed by atoms with E-state index in [0.29, 0.717) is 10.9 Å². The Kier molecular flexibility index (Phi) is 5.11. The van der Waals surface area contributed by atoms with Crippen LogP contribution in [0.3, 0.4) is 0 Å². The fourth-order valence-corrected chi connectivity index (χ4v) is 2.90. The van der Waals surface area contributed by atoms with Crippen molar-refractivity contribution in [3.8, 4) is 0 Å². The highest BCUT2D eigenvalue weighted by Crippen LogP contribution is 2.28. The van der Waals surface area contributed by atoms with Gasteiger partial charge in [0.1, 0.15) is 0 Å². The number of carbonyl (C=O) groups is 1. The summed E-state index contributed by atoms with van der Waals surface area (Å²) in [6.45, 7) is 2.89. The van der Waals surface area contributed by atoms with E-state index in [9.17, 15) is 22.8 Å². The minimum Gasteiger partial charge on any atom is -0.330 e. The maximum Gasteiger partial charge on any atom is 0.435 e. The third-order valence-corrected chi connectivity index (χ3v) is 4.48. The molecule has 148 valence electrons. The molecule has 1 atom stereocenters. The SMILES string of the molecule is Cc1cc(C(F)(F)F)nn1C[C@H](C)C(=O)Nn1c(=S)[nH]c2ccccc2c1=O. The molecule has 0 fully saturated rings. The van der Waals surface area contributed by atoms with E-state index < -0.39 is 29.3 Å². The Hall–Kier alpha value is -2.95. The molecule has 1 amide bonds.